The largest absolute Gasteiger partial charge is 0.324 e. The molecule has 0 aliphatic rings. The SMILES string of the molecule is Cc1cc(SC(C)C)c([C@@H](C)N)cc1F. The lowest BCUT2D eigenvalue weighted by molar-refractivity contribution is 0.610. The zero-order valence-corrected chi connectivity index (χ0v) is 10.5. The molecule has 3 heteroatoms. The van der Waals surface area contributed by atoms with Gasteiger partial charge in [0.25, 0.3) is 0 Å². The third-order valence-corrected chi connectivity index (χ3v) is 3.22. The monoisotopic (exact) mass is 227 g/mol. The predicted octanol–water partition coefficient (Wildman–Crippen LogP) is 3.65. The summed E-state index contributed by atoms with van der Waals surface area (Å²) in [6, 6.07) is 3.32. The van der Waals surface area contributed by atoms with E-state index >= 15 is 0 Å². The summed E-state index contributed by atoms with van der Waals surface area (Å²) in [5.74, 6) is -0.171. The van der Waals surface area contributed by atoms with E-state index in [4.69, 9.17) is 5.73 Å². The van der Waals surface area contributed by atoms with Gasteiger partial charge < -0.3 is 5.73 Å². The fraction of sp³-hybridized carbons (Fsp3) is 0.500. The Morgan fingerprint density at radius 2 is 1.87 bits per heavy atom. The summed E-state index contributed by atoms with van der Waals surface area (Å²) in [6.45, 7) is 7.90. The van der Waals surface area contributed by atoms with Crippen LogP contribution in [0.3, 0.4) is 0 Å². The van der Waals surface area contributed by atoms with Crippen LogP contribution < -0.4 is 5.73 Å². The molecule has 2 N–H and O–H groups in total. The topological polar surface area (TPSA) is 26.0 Å². The van der Waals surface area contributed by atoms with Gasteiger partial charge in [-0.25, -0.2) is 4.39 Å². The third-order valence-electron chi connectivity index (χ3n) is 2.14. The summed E-state index contributed by atoms with van der Waals surface area (Å²) in [5.41, 5.74) is 7.41. The molecule has 0 saturated heterocycles. The number of nitrogens with two attached hydrogens (primary N) is 1. The highest BCUT2D eigenvalue weighted by Gasteiger charge is 2.12. The standard InChI is InChI=1S/C12H18FNS/c1-7(2)15-12-5-8(3)11(13)6-10(12)9(4)14/h5-7,9H,14H2,1-4H3/t9-/m1/s1. The van der Waals surface area contributed by atoms with Crippen molar-refractivity contribution < 1.29 is 4.39 Å². The van der Waals surface area contributed by atoms with E-state index in [2.05, 4.69) is 13.8 Å². The first-order chi connectivity index (χ1) is 6.91. The summed E-state index contributed by atoms with van der Waals surface area (Å²) in [7, 11) is 0. The molecule has 0 saturated carbocycles. The Kier molecular flexibility index (Phi) is 4.17. The lowest BCUT2D eigenvalue weighted by atomic mass is 10.1. The lowest BCUT2D eigenvalue weighted by Crippen LogP contribution is -2.08. The van der Waals surface area contributed by atoms with Crippen molar-refractivity contribution in [1.82, 2.24) is 0 Å². The maximum Gasteiger partial charge on any atom is 0.126 e. The van der Waals surface area contributed by atoms with Gasteiger partial charge in [-0.15, -0.1) is 11.8 Å². The van der Waals surface area contributed by atoms with Gasteiger partial charge in [0.1, 0.15) is 5.82 Å². The van der Waals surface area contributed by atoms with E-state index in [0.29, 0.717) is 10.8 Å². The molecule has 0 aliphatic heterocycles. The van der Waals surface area contributed by atoms with Crippen molar-refractivity contribution in [2.75, 3.05) is 0 Å². The second kappa shape index (κ2) is 4.99. The van der Waals surface area contributed by atoms with E-state index in [-0.39, 0.29) is 11.9 Å². The van der Waals surface area contributed by atoms with Crippen LogP contribution in [0.15, 0.2) is 17.0 Å². The van der Waals surface area contributed by atoms with E-state index in [0.717, 1.165) is 10.5 Å². The lowest BCUT2D eigenvalue weighted by Gasteiger charge is -2.15. The van der Waals surface area contributed by atoms with Crippen molar-refractivity contribution >= 4 is 11.8 Å². The molecule has 0 amide bonds. The van der Waals surface area contributed by atoms with Crippen molar-refractivity contribution in [2.24, 2.45) is 5.73 Å². The van der Waals surface area contributed by atoms with Crippen LogP contribution in [-0.4, -0.2) is 5.25 Å². The van der Waals surface area contributed by atoms with Crippen LogP contribution in [0.5, 0.6) is 0 Å². The number of aryl methyl sites for hydroxylation is 1. The van der Waals surface area contributed by atoms with E-state index in [1.807, 2.05) is 13.0 Å². The van der Waals surface area contributed by atoms with E-state index in [1.54, 1.807) is 24.8 Å². The zero-order chi connectivity index (χ0) is 11.6. The van der Waals surface area contributed by atoms with Crippen LogP contribution >= 0.6 is 11.8 Å². The number of benzene rings is 1. The van der Waals surface area contributed by atoms with Gasteiger partial charge in [0.15, 0.2) is 0 Å². The molecule has 1 nitrogen and oxygen atoms in total. The highest BCUT2D eigenvalue weighted by atomic mass is 32.2. The number of hydrogen-bond donors (Lipinski definition) is 1. The van der Waals surface area contributed by atoms with Crippen LogP contribution in [0.4, 0.5) is 4.39 Å². The van der Waals surface area contributed by atoms with E-state index < -0.39 is 0 Å². The maximum absolute atomic E-state index is 13.4. The van der Waals surface area contributed by atoms with Gasteiger partial charge >= 0.3 is 0 Å². The molecule has 0 radical (unpaired) electrons. The second-order valence-corrected chi connectivity index (χ2v) is 5.71. The molecule has 0 aliphatic carbocycles. The predicted molar refractivity (Wildman–Crippen MR) is 64.7 cm³/mol. The van der Waals surface area contributed by atoms with Crippen molar-refractivity contribution in [1.29, 1.82) is 0 Å². The van der Waals surface area contributed by atoms with Crippen LogP contribution in [0, 0.1) is 12.7 Å². The van der Waals surface area contributed by atoms with Crippen molar-refractivity contribution in [3.8, 4) is 0 Å². The normalized spacial score (nSPS) is 13.3. The molecule has 0 bridgehead atoms. The second-order valence-electron chi connectivity index (χ2n) is 4.09. The van der Waals surface area contributed by atoms with Crippen LogP contribution in [0.2, 0.25) is 0 Å². The number of thioether (sulfide) groups is 1. The first-order valence-electron chi connectivity index (χ1n) is 5.14. The maximum atomic E-state index is 13.4. The number of hydrogen-bond acceptors (Lipinski definition) is 2. The van der Waals surface area contributed by atoms with Crippen molar-refractivity contribution in [3.05, 3.63) is 29.1 Å². The van der Waals surface area contributed by atoms with Crippen molar-refractivity contribution in [2.45, 2.75) is 43.9 Å². The molecule has 1 aromatic rings. The first kappa shape index (κ1) is 12.5. The summed E-state index contributed by atoms with van der Waals surface area (Å²) in [5, 5.41) is 0.479. The van der Waals surface area contributed by atoms with Gasteiger partial charge in [-0.05, 0) is 37.1 Å². The average Bonchev–Trinajstić information content (AvgIpc) is 2.09. The molecule has 84 valence electrons. The van der Waals surface area contributed by atoms with Gasteiger partial charge in [0.2, 0.25) is 0 Å². The molecular formula is C12H18FNS. The van der Waals surface area contributed by atoms with E-state index in [9.17, 15) is 4.39 Å². The Morgan fingerprint density at radius 3 is 2.33 bits per heavy atom. The van der Waals surface area contributed by atoms with Crippen LogP contribution in [0.1, 0.15) is 37.9 Å². The minimum absolute atomic E-state index is 0.124. The Hall–Kier alpha value is -0.540. The van der Waals surface area contributed by atoms with Gasteiger partial charge in [-0.2, -0.15) is 0 Å². The number of halogens is 1. The Balaban J connectivity index is 3.16. The zero-order valence-electron chi connectivity index (χ0n) is 9.67. The summed E-state index contributed by atoms with van der Waals surface area (Å²) >= 11 is 1.73. The number of rotatable bonds is 3. The van der Waals surface area contributed by atoms with Gasteiger partial charge in [-0.1, -0.05) is 13.8 Å². The molecule has 15 heavy (non-hydrogen) atoms. The first-order valence-corrected chi connectivity index (χ1v) is 6.02. The fourth-order valence-corrected chi connectivity index (χ4v) is 2.52. The summed E-state index contributed by atoms with van der Waals surface area (Å²) in [4.78, 5) is 1.10. The summed E-state index contributed by atoms with van der Waals surface area (Å²) < 4.78 is 13.4. The van der Waals surface area contributed by atoms with Crippen molar-refractivity contribution in [3.63, 3.8) is 0 Å². The Bertz CT molecular complexity index is 348. The fourth-order valence-electron chi connectivity index (χ4n) is 1.38. The molecule has 0 spiro atoms. The summed E-state index contributed by atoms with van der Waals surface area (Å²) in [6.07, 6.45) is 0. The van der Waals surface area contributed by atoms with Gasteiger partial charge in [0, 0.05) is 16.2 Å². The Morgan fingerprint density at radius 1 is 1.27 bits per heavy atom. The van der Waals surface area contributed by atoms with E-state index in [1.165, 1.54) is 0 Å². The molecule has 1 aromatic carbocycles. The smallest absolute Gasteiger partial charge is 0.126 e. The molecule has 0 aromatic heterocycles. The minimum Gasteiger partial charge on any atom is -0.324 e. The molecular weight excluding hydrogens is 209 g/mol. The molecule has 0 heterocycles. The van der Waals surface area contributed by atoms with Gasteiger partial charge in [0.05, 0.1) is 0 Å². The Labute approximate surface area is 95.2 Å². The molecule has 0 unspecified atom stereocenters. The quantitative estimate of drug-likeness (QED) is 0.798. The molecule has 0 fully saturated rings. The molecule has 1 rings (SSSR count). The third kappa shape index (κ3) is 3.21. The van der Waals surface area contributed by atoms with Crippen LogP contribution in [-0.2, 0) is 0 Å². The average molecular weight is 227 g/mol. The highest BCUT2D eigenvalue weighted by molar-refractivity contribution is 8.00. The van der Waals surface area contributed by atoms with Gasteiger partial charge in [-0.3, -0.25) is 0 Å². The minimum atomic E-state index is -0.171. The van der Waals surface area contributed by atoms with Crippen LogP contribution in [0.25, 0.3) is 0 Å². The highest BCUT2D eigenvalue weighted by Crippen LogP contribution is 2.31. The molecule has 1 atom stereocenters.